The van der Waals surface area contributed by atoms with E-state index < -0.39 is 41.1 Å². The van der Waals surface area contributed by atoms with Gasteiger partial charge in [0, 0.05) is 12.2 Å². The van der Waals surface area contributed by atoms with Gasteiger partial charge < -0.3 is 20.1 Å². The molecule has 1 fully saturated rings. The minimum Gasteiger partial charge on any atom is -0.458 e. The zero-order chi connectivity index (χ0) is 22.7. The number of nitrogens with zero attached hydrogens (tertiary/aromatic N) is 1. The van der Waals surface area contributed by atoms with Crippen LogP contribution in [-0.2, 0) is 30.3 Å². The maximum atomic E-state index is 13.2. The normalized spacial score (nSPS) is 20.6. The van der Waals surface area contributed by atoms with Gasteiger partial charge in [-0.2, -0.15) is 0 Å². The Morgan fingerprint density at radius 2 is 1.63 bits per heavy atom. The summed E-state index contributed by atoms with van der Waals surface area (Å²) < 4.78 is 10.8. The summed E-state index contributed by atoms with van der Waals surface area (Å²) in [7, 11) is 0. The summed E-state index contributed by atoms with van der Waals surface area (Å²) in [5.74, 6) is -1.58. The standard InChI is InChI=1S/C22H32N2O5S/c1-21(2,3)28-19(26)15-13-30-16(12-14-10-8-7-9-11-14)24(15)18(25)17(23)20(27)29-22(4,5)6/h7-11,15-17H,12-13,23H2,1-6H3/t15-,16?,17?/m0/s1. The number of amides is 1. The van der Waals surface area contributed by atoms with Crippen molar-refractivity contribution in [2.24, 2.45) is 5.73 Å². The van der Waals surface area contributed by atoms with Crippen LogP contribution in [0.2, 0.25) is 0 Å². The van der Waals surface area contributed by atoms with Crippen LogP contribution in [-0.4, -0.2) is 57.2 Å². The molecule has 30 heavy (non-hydrogen) atoms. The van der Waals surface area contributed by atoms with Crippen LogP contribution in [0, 0.1) is 0 Å². The summed E-state index contributed by atoms with van der Waals surface area (Å²) in [6, 6.07) is 7.33. The van der Waals surface area contributed by atoms with Crippen LogP contribution in [0.15, 0.2) is 30.3 Å². The zero-order valence-electron chi connectivity index (χ0n) is 18.5. The number of carbonyl (C=O) groups is 3. The van der Waals surface area contributed by atoms with E-state index >= 15 is 0 Å². The predicted octanol–water partition coefficient (Wildman–Crippen LogP) is 2.51. The van der Waals surface area contributed by atoms with Crippen molar-refractivity contribution in [1.82, 2.24) is 4.90 Å². The average Bonchev–Trinajstić information content (AvgIpc) is 3.02. The maximum Gasteiger partial charge on any atom is 0.333 e. The van der Waals surface area contributed by atoms with Gasteiger partial charge in [-0.25, -0.2) is 9.59 Å². The lowest BCUT2D eigenvalue weighted by atomic mass is 10.1. The molecule has 7 nitrogen and oxygen atoms in total. The molecule has 0 aliphatic carbocycles. The van der Waals surface area contributed by atoms with Crippen LogP contribution < -0.4 is 5.73 Å². The minimum absolute atomic E-state index is 0.342. The molecule has 0 radical (unpaired) electrons. The summed E-state index contributed by atoms with van der Waals surface area (Å²) >= 11 is 1.47. The van der Waals surface area contributed by atoms with Gasteiger partial charge in [0.2, 0.25) is 0 Å². The number of ether oxygens (including phenoxy) is 2. The van der Waals surface area contributed by atoms with Crippen molar-refractivity contribution in [3.05, 3.63) is 35.9 Å². The summed E-state index contributed by atoms with van der Waals surface area (Å²) in [6.07, 6.45) is 0.525. The van der Waals surface area contributed by atoms with Crippen LogP contribution in [0.4, 0.5) is 0 Å². The number of hydrogen-bond donors (Lipinski definition) is 1. The number of benzene rings is 1. The first-order valence-corrected chi connectivity index (χ1v) is 11.0. The van der Waals surface area contributed by atoms with Gasteiger partial charge in [0.15, 0.2) is 6.04 Å². The lowest BCUT2D eigenvalue weighted by Crippen LogP contribution is -2.56. The van der Waals surface area contributed by atoms with Crippen LogP contribution in [0.5, 0.6) is 0 Å². The Morgan fingerprint density at radius 1 is 1.07 bits per heavy atom. The van der Waals surface area contributed by atoms with Crippen molar-refractivity contribution < 1.29 is 23.9 Å². The largest absolute Gasteiger partial charge is 0.458 e. The molecule has 1 aromatic rings. The molecule has 0 spiro atoms. The van der Waals surface area contributed by atoms with E-state index in [-0.39, 0.29) is 5.37 Å². The molecule has 1 aliphatic rings. The third kappa shape index (κ3) is 6.74. The summed E-state index contributed by atoms with van der Waals surface area (Å²) in [4.78, 5) is 39.9. The first-order chi connectivity index (χ1) is 13.8. The number of esters is 2. The van der Waals surface area contributed by atoms with E-state index in [1.807, 2.05) is 30.3 Å². The van der Waals surface area contributed by atoms with Crippen LogP contribution >= 0.6 is 11.8 Å². The molecule has 2 N–H and O–H groups in total. The number of nitrogens with two attached hydrogens (primary N) is 1. The Labute approximate surface area is 182 Å². The molecule has 0 saturated carbocycles. The van der Waals surface area contributed by atoms with Crippen molar-refractivity contribution in [3.63, 3.8) is 0 Å². The second kappa shape index (κ2) is 9.39. The van der Waals surface area contributed by atoms with Crippen molar-refractivity contribution >= 4 is 29.6 Å². The van der Waals surface area contributed by atoms with Gasteiger partial charge in [-0.3, -0.25) is 4.79 Å². The van der Waals surface area contributed by atoms with Crippen molar-refractivity contribution in [3.8, 4) is 0 Å². The molecule has 3 atom stereocenters. The van der Waals surface area contributed by atoms with Crippen molar-refractivity contribution in [1.29, 1.82) is 0 Å². The number of carbonyl (C=O) groups excluding carboxylic acids is 3. The summed E-state index contributed by atoms with van der Waals surface area (Å²) in [6.45, 7) is 10.4. The fourth-order valence-electron chi connectivity index (χ4n) is 3.01. The smallest absolute Gasteiger partial charge is 0.333 e. The Morgan fingerprint density at radius 3 is 2.17 bits per heavy atom. The lowest BCUT2D eigenvalue weighted by molar-refractivity contribution is -0.168. The highest BCUT2D eigenvalue weighted by Crippen LogP contribution is 2.33. The van der Waals surface area contributed by atoms with Gasteiger partial charge in [-0.15, -0.1) is 11.8 Å². The highest BCUT2D eigenvalue weighted by atomic mass is 32.2. The highest BCUT2D eigenvalue weighted by Gasteiger charge is 2.46. The Bertz CT molecular complexity index is 770. The molecular formula is C22H32N2O5S. The molecule has 1 aliphatic heterocycles. The second-order valence-electron chi connectivity index (χ2n) is 9.28. The topological polar surface area (TPSA) is 98.9 Å². The second-order valence-corrected chi connectivity index (χ2v) is 10.5. The Hall–Kier alpha value is -2.06. The van der Waals surface area contributed by atoms with Crippen molar-refractivity contribution in [2.75, 3.05) is 5.75 Å². The van der Waals surface area contributed by atoms with E-state index in [0.717, 1.165) is 5.56 Å². The lowest BCUT2D eigenvalue weighted by Gasteiger charge is -2.32. The van der Waals surface area contributed by atoms with E-state index in [2.05, 4.69) is 0 Å². The van der Waals surface area contributed by atoms with Crippen molar-refractivity contribution in [2.45, 2.75) is 76.6 Å². The monoisotopic (exact) mass is 436 g/mol. The molecule has 2 unspecified atom stereocenters. The molecule has 1 amide bonds. The van der Waals surface area contributed by atoms with Gasteiger partial charge in [0.1, 0.15) is 17.2 Å². The summed E-state index contributed by atoms with van der Waals surface area (Å²) in [5, 5.41) is -0.342. The molecule has 8 heteroatoms. The third-order valence-electron chi connectivity index (χ3n) is 4.21. The molecule has 1 heterocycles. The van der Waals surface area contributed by atoms with Crippen LogP contribution in [0.3, 0.4) is 0 Å². The minimum atomic E-state index is -1.51. The van der Waals surface area contributed by atoms with Gasteiger partial charge in [0.25, 0.3) is 5.91 Å². The zero-order valence-corrected chi connectivity index (χ0v) is 19.3. The predicted molar refractivity (Wildman–Crippen MR) is 117 cm³/mol. The van der Waals surface area contributed by atoms with Gasteiger partial charge in [-0.1, -0.05) is 30.3 Å². The molecule has 0 bridgehead atoms. The van der Waals surface area contributed by atoms with Crippen LogP contribution in [0.25, 0.3) is 0 Å². The Kier molecular flexibility index (Phi) is 7.58. The van der Waals surface area contributed by atoms with E-state index in [0.29, 0.717) is 12.2 Å². The first kappa shape index (κ1) is 24.2. The van der Waals surface area contributed by atoms with E-state index in [1.54, 1.807) is 41.5 Å². The molecule has 166 valence electrons. The summed E-state index contributed by atoms with van der Waals surface area (Å²) in [5.41, 5.74) is 5.51. The number of rotatable bonds is 5. The third-order valence-corrected chi connectivity index (χ3v) is 5.49. The maximum absolute atomic E-state index is 13.2. The molecule has 1 saturated heterocycles. The fourth-order valence-corrected chi connectivity index (χ4v) is 4.43. The SMILES string of the molecule is CC(C)(C)OC(=O)C(N)C(=O)N1C(Cc2ccccc2)SC[C@H]1C(=O)OC(C)(C)C. The molecule has 0 aromatic heterocycles. The average molecular weight is 437 g/mol. The van der Waals surface area contributed by atoms with E-state index in [4.69, 9.17) is 15.2 Å². The number of thioether (sulfide) groups is 1. The quantitative estimate of drug-likeness (QED) is 0.559. The van der Waals surface area contributed by atoms with Gasteiger partial charge in [-0.05, 0) is 47.1 Å². The Balaban J connectivity index is 2.27. The number of hydrogen-bond acceptors (Lipinski definition) is 7. The molecule has 1 aromatic carbocycles. The van der Waals surface area contributed by atoms with E-state index in [1.165, 1.54) is 16.7 Å². The molecule has 2 rings (SSSR count). The van der Waals surface area contributed by atoms with Gasteiger partial charge >= 0.3 is 11.9 Å². The van der Waals surface area contributed by atoms with E-state index in [9.17, 15) is 14.4 Å². The molecular weight excluding hydrogens is 404 g/mol. The van der Waals surface area contributed by atoms with Crippen LogP contribution in [0.1, 0.15) is 47.1 Å². The van der Waals surface area contributed by atoms with Gasteiger partial charge in [0.05, 0.1) is 5.37 Å². The first-order valence-electron chi connectivity index (χ1n) is 9.97. The highest BCUT2D eigenvalue weighted by molar-refractivity contribution is 8.00. The fraction of sp³-hybridized carbons (Fsp3) is 0.591.